The third kappa shape index (κ3) is 2.85. The number of anilines is 2. The number of nitrogens with two attached hydrogens (primary N) is 2. The van der Waals surface area contributed by atoms with Gasteiger partial charge < -0.3 is 16.8 Å². The van der Waals surface area contributed by atoms with Crippen LogP contribution in [0, 0.1) is 0 Å². The highest BCUT2D eigenvalue weighted by atomic mass is 15.1. The van der Waals surface area contributed by atoms with Crippen molar-refractivity contribution < 1.29 is 0 Å². The van der Waals surface area contributed by atoms with Gasteiger partial charge in [0, 0.05) is 19.2 Å². The summed E-state index contributed by atoms with van der Waals surface area (Å²) in [5.41, 5.74) is 11.9. The second kappa shape index (κ2) is 4.76. The van der Waals surface area contributed by atoms with Gasteiger partial charge in [0.25, 0.3) is 0 Å². The SMILES string of the molecule is CC(C)c1cc(NCCN)nc(N)n1. The molecule has 1 aromatic heterocycles. The van der Waals surface area contributed by atoms with Crippen LogP contribution in [0.3, 0.4) is 0 Å². The Bertz CT molecular complexity index is 297. The molecule has 1 heterocycles. The molecule has 0 bridgehead atoms. The average molecular weight is 195 g/mol. The van der Waals surface area contributed by atoms with Gasteiger partial charge in [0.1, 0.15) is 5.82 Å². The molecule has 0 fully saturated rings. The van der Waals surface area contributed by atoms with E-state index < -0.39 is 0 Å². The van der Waals surface area contributed by atoms with Gasteiger partial charge in [0.15, 0.2) is 0 Å². The first-order valence-corrected chi connectivity index (χ1v) is 4.72. The zero-order valence-electron chi connectivity index (χ0n) is 8.62. The normalized spacial score (nSPS) is 10.6. The van der Waals surface area contributed by atoms with Gasteiger partial charge in [-0.3, -0.25) is 0 Å². The molecule has 5 N–H and O–H groups in total. The van der Waals surface area contributed by atoms with Crippen LogP contribution in [0.25, 0.3) is 0 Å². The lowest BCUT2D eigenvalue weighted by Crippen LogP contribution is -2.15. The Morgan fingerprint density at radius 2 is 2.14 bits per heavy atom. The van der Waals surface area contributed by atoms with Crippen molar-refractivity contribution in [2.45, 2.75) is 19.8 Å². The van der Waals surface area contributed by atoms with E-state index in [9.17, 15) is 0 Å². The highest BCUT2D eigenvalue weighted by Gasteiger charge is 2.04. The highest BCUT2D eigenvalue weighted by molar-refractivity contribution is 5.41. The first-order valence-electron chi connectivity index (χ1n) is 4.72. The van der Waals surface area contributed by atoms with E-state index in [0.717, 1.165) is 11.5 Å². The van der Waals surface area contributed by atoms with Crippen LogP contribution in [-0.4, -0.2) is 23.1 Å². The molecule has 5 nitrogen and oxygen atoms in total. The van der Waals surface area contributed by atoms with E-state index in [1.165, 1.54) is 0 Å². The Morgan fingerprint density at radius 1 is 1.43 bits per heavy atom. The molecular formula is C9H17N5. The van der Waals surface area contributed by atoms with E-state index in [0.29, 0.717) is 25.0 Å². The zero-order chi connectivity index (χ0) is 10.6. The average Bonchev–Trinajstić information content (AvgIpc) is 2.14. The van der Waals surface area contributed by atoms with Crippen LogP contribution in [0.1, 0.15) is 25.5 Å². The minimum atomic E-state index is 0.302. The quantitative estimate of drug-likeness (QED) is 0.653. The molecule has 14 heavy (non-hydrogen) atoms. The number of nitrogens with zero attached hydrogens (tertiary/aromatic N) is 2. The van der Waals surface area contributed by atoms with Gasteiger partial charge in [-0.2, -0.15) is 4.98 Å². The van der Waals surface area contributed by atoms with Gasteiger partial charge >= 0.3 is 0 Å². The molecule has 0 saturated heterocycles. The fourth-order valence-electron chi connectivity index (χ4n) is 1.07. The molecule has 1 rings (SSSR count). The molecule has 0 unspecified atom stereocenters. The summed E-state index contributed by atoms with van der Waals surface area (Å²) >= 11 is 0. The number of hydrogen-bond acceptors (Lipinski definition) is 5. The van der Waals surface area contributed by atoms with Gasteiger partial charge in [-0.25, -0.2) is 4.98 Å². The van der Waals surface area contributed by atoms with Crippen molar-refractivity contribution in [3.8, 4) is 0 Å². The predicted octanol–water partition coefficient (Wildman–Crippen LogP) is 0.553. The maximum atomic E-state index is 5.58. The summed E-state index contributed by atoms with van der Waals surface area (Å²) in [5, 5.41) is 3.07. The Hall–Kier alpha value is -1.36. The molecule has 0 atom stereocenters. The van der Waals surface area contributed by atoms with Crippen LogP contribution >= 0.6 is 0 Å². The summed E-state index contributed by atoms with van der Waals surface area (Å²) in [5.74, 6) is 1.39. The van der Waals surface area contributed by atoms with Crippen LogP contribution in [-0.2, 0) is 0 Å². The molecule has 0 radical (unpaired) electrons. The summed E-state index contributed by atoms with van der Waals surface area (Å²) in [6, 6.07) is 1.90. The Kier molecular flexibility index (Phi) is 3.64. The van der Waals surface area contributed by atoms with Gasteiger partial charge in [0.2, 0.25) is 5.95 Å². The van der Waals surface area contributed by atoms with E-state index in [1.54, 1.807) is 0 Å². The largest absolute Gasteiger partial charge is 0.369 e. The van der Waals surface area contributed by atoms with Crippen molar-refractivity contribution in [1.82, 2.24) is 9.97 Å². The first-order chi connectivity index (χ1) is 6.63. The number of rotatable bonds is 4. The number of nitrogens with one attached hydrogen (secondary N) is 1. The zero-order valence-corrected chi connectivity index (χ0v) is 8.62. The van der Waals surface area contributed by atoms with Crippen LogP contribution in [0.5, 0.6) is 0 Å². The Balaban J connectivity index is 2.84. The molecule has 0 aliphatic rings. The Morgan fingerprint density at radius 3 is 2.71 bits per heavy atom. The second-order valence-electron chi connectivity index (χ2n) is 3.41. The van der Waals surface area contributed by atoms with E-state index in [-0.39, 0.29) is 0 Å². The van der Waals surface area contributed by atoms with E-state index in [1.807, 2.05) is 6.07 Å². The molecule has 0 saturated carbocycles. The molecular weight excluding hydrogens is 178 g/mol. The van der Waals surface area contributed by atoms with Crippen LogP contribution in [0.15, 0.2) is 6.07 Å². The molecule has 78 valence electrons. The van der Waals surface area contributed by atoms with Gasteiger partial charge in [-0.15, -0.1) is 0 Å². The number of aromatic nitrogens is 2. The standard InChI is InChI=1S/C9H17N5/c1-6(2)7-5-8(12-4-3-10)14-9(11)13-7/h5-6H,3-4,10H2,1-2H3,(H3,11,12,13,14). The van der Waals surface area contributed by atoms with Crippen LogP contribution in [0.2, 0.25) is 0 Å². The summed E-state index contributed by atoms with van der Waals surface area (Å²) in [6.45, 7) is 5.39. The lowest BCUT2D eigenvalue weighted by molar-refractivity contribution is 0.817. The van der Waals surface area contributed by atoms with Crippen LogP contribution in [0.4, 0.5) is 11.8 Å². The van der Waals surface area contributed by atoms with Gasteiger partial charge in [-0.1, -0.05) is 13.8 Å². The predicted molar refractivity (Wildman–Crippen MR) is 58.1 cm³/mol. The first kappa shape index (κ1) is 10.7. The molecule has 1 aromatic rings. The number of hydrogen-bond donors (Lipinski definition) is 3. The molecule has 0 aromatic carbocycles. The third-order valence-electron chi connectivity index (χ3n) is 1.81. The lowest BCUT2D eigenvalue weighted by Gasteiger charge is -2.09. The minimum Gasteiger partial charge on any atom is -0.369 e. The molecule has 0 amide bonds. The lowest BCUT2D eigenvalue weighted by atomic mass is 10.1. The topological polar surface area (TPSA) is 89.8 Å². The molecule has 0 aliphatic heterocycles. The summed E-state index contributed by atoms with van der Waals surface area (Å²) in [4.78, 5) is 8.19. The smallest absolute Gasteiger partial charge is 0.222 e. The van der Waals surface area contributed by atoms with E-state index in [4.69, 9.17) is 11.5 Å². The van der Waals surface area contributed by atoms with Crippen LogP contribution < -0.4 is 16.8 Å². The fourth-order valence-corrected chi connectivity index (χ4v) is 1.07. The van der Waals surface area contributed by atoms with Crippen molar-refractivity contribution in [1.29, 1.82) is 0 Å². The molecule has 0 spiro atoms. The van der Waals surface area contributed by atoms with Crippen molar-refractivity contribution >= 4 is 11.8 Å². The fraction of sp³-hybridized carbons (Fsp3) is 0.556. The Labute approximate surface area is 83.9 Å². The second-order valence-corrected chi connectivity index (χ2v) is 3.41. The minimum absolute atomic E-state index is 0.302. The van der Waals surface area contributed by atoms with Crippen molar-refractivity contribution in [2.24, 2.45) is 5.73 Å². The summed E-state index contributed by atoms with van der Waals surface area (Å²) < 4.78 is 0. The van der Waals surface area contributed by atoms with Crippen molar-refractivity contribution in [3.63, 3.8) is 0 Å². The molecule has 5 heteroatoms. The number of nitrogen functional groups attached to an aromatic ring is 1. The highest BCUT2D eigenvalue weighted by Crippen LogP contribution is 2.15. The molecule has 0 aliphatic carbocycles. The third-order valence-corrected chi connectivity index (χ3v) is 1.81. The monoisotopic (exact) mass is 195 g/mol. The summed E-state index contributed by atoms with van der Waals surface area (Å²) in [6.07, 6.45) is 0. The van der Waals surface area contributed by atoms with Crippen molar-refractivity contribution in [2.75, 3.05) is 24.1 Å². The maximum absolute atomic E-state index is 5.58. The van der Waals surface area contributed by atoms with Gasteiger partial charge in [-0.05, 0) is 5.92 Å². The van der Waals surface area contributed by atoms with E-state index in [2.05, 4.69) is 29.1 Å². The van der Waals surface area contributed by atoms with Gasteiger partial charge in [0.05, 0.1) is 5.69 Å². The maximum Gasteiger partial charge on any atom is 0.222 e. The van der Waals surface area contributed by atoms with E-state index >= 15 is 0 Å². The van der Waals surface area contributed by atoms with Crippen molar-refractivity contribution in [3.05, 3.63) is 11.8 Å². The summed E-state index contributed by atoms with van der Waals surface area (Å²) in [7, 11) is 0.